The Morgan fingerprint density at radius 3 is 1.05 bits per heavy atom. The number of hydrogen-bond donors (Lipinski definition) is 0. The molecule has 116 valence electrons. The molecule has 0 aromatic carbocycles. The van der Waals surface area contributed by atoms with Gasteiger partial charge in [-0.2, -0.15) is 0 Å². The van der Waals surface area contributed by atoms with Crippen LogP contribution in [-0.2, 0) is 0 Å². The fourth-order valence-corrected chi connectivity index (χ4v) is 1.88. The molecule has 0 amide bonds. The Balaban J connectivity index is 0. The molecule has 4 unspecified atom stereocenters. The maximum atomic E-state index is 2.36. The van der Waals surface area contributed by atoms with Crippen molar-refractivity contribution in [3.8, 4) is 0 Å². The fraction of sp³-hybridized carbons (Fsp3) is 0.600. The molecule has 0 aromatic heterocycles. The Labute approximate surface area is 128 Å². The van der Waals surface area contributed by atoms with Crippen LogP contribution < -0.4 is 0 Å². The lowest BCUT2D eigenvalue weighted by molar-refractivity contribution is 0.250. The first-order valence-electron chi connectivity index (χ1n) is 7.95. The molecule has 0 nitrogen and oxygen atoms in total. The van der Waals surface area contributed by atoms with E-state index in [9.17, 15) is 0 Å². The van der Waals surface area contributed by atoms with E-state index in [0.717, 1.165) is 23.7 Å². The van der Waals surface area contributed by atoms with Gasteiger partial charge in [0.15, 0.2) is 0 Å². The smallest absolute Gasteiger partial charge is 0.0233 e. The Hall–Kier alpha value is -1.04. The Kier molecular flexibility index (Phi) is 15.3. The minimum Gasteiger partial charge on any atom is -0.0919 e. The highest BCUT2D eigenvalue weighted by molar-refractivity contribution is 5.00. The number of rotatable bonds is 1. The molecule has 0 N–H and O–H groups in total. The highest BCUT2D eigenvalue weighted by Crippen LogP contribution is 2.32. The molecule has 0 heteroatoms. The van der Waals surface area contributed by atoms with E-state index in [0.29, 0.717) is 0 Å². The van der Waals surface area contributed by atoms with Crippen LogP contribution in [0.15, 0.2) is 48.6 Å². The summed E-state index contributed by atoms with van der Waals surface area (Å²) in [4.78, 5) is 0. The molecule has 0 radical (unpaired) electrons. The van der Waals surface area contributed by atoms with Gasteiger partial charge < -0.3 is 0 Å². The van der Waals surface area contributed by atoms with Crippen LogP contribution in [-0.4, -0.2) is 0 Å². The molecule has 20 heavy (non-hydrogen) atoms. The average molecular weight is 277 g/mol. The molecule has 1 aliphatic rings. The van der Waals surface area contributed by atoms with Crippen molar-refractivity contribution in [3.63, 3.8) is 0 Å². The summed E-state index contributed by atoms with van der Waals surface area (Å²) in [5.74, 6) is 3.29. The maximum Gasteiger partial charge on any atom is -0.0233 e. The Bertz CT molecular complexity index is 274. The molecule has 0 saturated carbocycles. The van der Waals surface area contributed by atoms with Crippen LogP contribution >= 0.6 is 0 Å². The average Bonchev–Trinajstić information content (AvgIpc) is 2.48. The third kappa shape index (κ3) is 10.8. The molecule has 0 aromatic rings. The third-order valence-electron chi connectivity index (χ3n) is 4.04. The van der Waals surface area contributed by atoms with Crippen LogP contribution in [0.25, 0.3) is 0 Å². The third-order valence-corrected chi connectivity index (χ3v) is 4.04. The predicted molar refractivity (Wildman–Crippen MR) is 95.9 cm³/mol. The molecule has 4 atom stereocenters. The first-order valence-corrected chi connectivity index (χ1v) is 7.95. The van der Waals surface area contributed by atoms with Crippen LogP contribution in [0, 0.1) is 23.7 Å². The lowest BCUT2D eigenvalue weighted by Crippen LogP contribution is -2.24. The molecule has 0 saturated heterocycles. The van der Waals surface area contributed by atoms with Gasteiger partial charge >= 0.3 is 0 Å². The first-order chi connectivity index (χ1) is 9.45. The second kappa shape index (κ2) is 14.4. The highest BCUT2D eigenvalue weighted by atomic mass is 14.3. The molecular formula is C20H36. The predicted octanol–water partition coefficient (Wildman–Crippen LogP) is 6.82. The van der Waals surface area contributed by atoms with E-state index < -0.39 is 0 Å². The minimum atomic E-state index is 0.784. The van der Waals surface area contributed by atoms with E-state index in [4.69, 9.17) is 0 Å². The Morgan fingerprint density at radius 1 is 0.550 bits per heavy atom. The monoisotopic (exact) mass is 276 g/mol. The summed E-state index contributed by atoms with van der Waals surface area (Å²) in [5, 5.41) is 0. The molecule has 0 heterocycles. The zero-order valence-corrected chi connectivity index (χ0v) is 14.9. The molecule has 0 spiro atoms. The van der Waals surface area contributed by atoms with Crippen molar-refractivity contribution < 1.29 is 0 Å². The molecular weight excluding hydrogens is 240 g/mol. The van der Waals surface area contributed by atoms with Gasteiger partial charge in [-0.25, -0.2) is 0 Å². The van der Waals surface area contributed by atoms with Crippen molar-refractivity contribution in [1.29, 1.82) is 0 Å². The van der Waals surface area contributed by atoms with Crippen LogP contribution in [0.3, 0.4) is 0 Å². The molecule has 1 rings (SSSR count). The topological polar surface area (TPSA) is 0 Å². The van der Waals surface area contributed by atoms with Crippen molar-refractivity contribution in [3.05, 3.63) is 48.6 Å². The number of hydrogen-bond acceptors (Lipinski definition) is 0. The quantitative estimate of drug-likeness (QED) is 0.364. The van der Waals surface area contributed by atoms with Crippen molar-refractivity contribution >= 4 is 0 Å². The Morgan fingerprint density at radius 2 is 0.850 bits per heavy atom. The van der Waals surface area contributed by atoms with Gasteiger partial charge in [-0.05, 0) is 51.4 Å². The second-order valence-electron chi connectivity index (χ2n) is 5.54. The van der Waals surface area contributed by atoms with E-state index in [-0.39, 0.29) is 0 Å². The zero-order valence-electron chi connectivity index (χ0n) is 14.9. The summed E-state index contributed by atoms with van der Waals surface area (Å²) in [5.41, 5.74) is 0. The second-order valence-corrected chi connectivity index (χ2v) is 5.54. The molecule has 0 aliphatic heterocycles. The van der Waals surface area contributed by atoms with Crippen molar-refractivity contribution in [2.24, 2.45) is 23.7 Å². The summed E-state index contributed by atoms with van der Waals surface area (Å²) < 4.78 is 0. The maximum absolute atomic E-state index is 2.36. The molecule has 0 fully saturated rings. The van der Waals surface area contributed by atoms with E-state index in [1.54, 1.807) is 0 Å². The summed E-state index contributed by atoms with van der Waals surface area (Å²) in [6, 6.07) is 0. The van der Waals surface area contributed by atoms with Gasteiger partial charge in [0, 0.05) is 0 Å². The first kappa shape index (κ1) is 21.3. The molecule has 0 bridgehead atoms. The van der Waals surface area contributed by atoms with E-state index in [1.807, 2.05) is 64.2 Å². The van der Waals surface area contributed by atoms with E-state index >= 15 is 0 Å². The van der Waals surface area contributed by atoms with Crippen LogP contribution in [0.2, 0.25) is 0 Å². The van der Waals surface area contributed by atoms with Crippen LogP contribution in [0.5, 0.6) is 0 Å². The fourth-order valence-electron chi connectivity index (χ4n) is 1.88. The van der Waals surface area contributed by atoms with Crippen molar-refractivity contribution in [2.75, 3.05) is 0 Å². The van der Waals surface area contributed by atoms with Gasteiger partial charge in [0.2, 0.25) is 0 Å². The summed E-state index contributed by atoms with van der Waals surface area (Å²) in [6.45, 7) is 17.3. The summed E-state index contributed by atoms with van der Waals surface area (Å²) >= 11 is 0. The van der Waals surface area contributed by atoms with Gasteiger partial charge in [0.1, 0.15) is 0 Å². The van der Waals surface area contributed by atoms with Gasteiger partial charge in [-0.1, -0.05) is 76.3 Å². The largest absolute Gasteiger partial charge is 0.0919 e. The summed E-state index contributed by atoms with van der Waals surface area (Å²) in [7, 11) is 0. The standard InChI is InChI=1S/C10H18.C6H10.C4H8/c1-7-5-6-8(2)10(4)9(7)3;1-3-5-6-4-2;1-3-4-2/h5-10H,1-4H3;3-6H,1-2H3;3-4H,1-2H3/b;5-3-,6-4-;4-3-. The van der Waals surface area contributed by atoms with Gasteiger partial charge in [-0.3, -0.25) is 0 Å². The highest BCUT2D eigenvalue weighted by Gasteiger charge is 2.24. The minimum absolute atomic E-state index is 0.784. The van der Waals surface area contributed by atoms with Crippen molar-refractivity contribution in [1.82, 2.24) is 0 Å². The van der Waals surface area contributed by atoms with Gasteiger partial charge in [-0.15, -0.1) is 0 Å². The number of allylic oxidation sites excluding steroid dienone is 8. The SMILES string of the molecule is C/C=C\C.C/C=C\C=C/C.CC1C=CC(C)C(C)C1C. The normalized spacial score (nSPS) is 29.2. The van der Waals surface area contributed by atoms with Crippen molar-refractivity contribution in [2.45, 2.75) is 55.4 Å². The lowest BCUT2D eigenvalue weighted by atomic mass is 9.74. The molecule has 1 aliphatic carbocycles. The van der Waals surface area contributed by atoms with Gasteiger partial charge in [0.05, 0.1) is 0 Å². The van der Waals surface area contributed by atoms with Gasteiger partial charge in [0.25, 0.3) is 0 Å². The van der Waals surface area contributed by atoms with E-state index in [2.05, 4.69) is 39.8 Å². The zero-order chi connectivity index (χ0) is 16.0. The van der Waals surface area contributed by atoms with E-state index in [1.165, 1.54) is 0 Å². The van der Waals surface area contributed by atoms with Crippen LogP contribution in [0.4, 0.5) is 0 Å². The lowest BCUT2D eigenvalue weighted by Gasteiger charge is -2.31. The summed E-state index contributed by atoms with van der Waals surface area (Å²) in [6.07, 6.45) is 16.7. The van der Waals surface area contributed by atoms with Crippen LogP contribution in [0.1, 0.15) is 55.4 Å².